The number of benzene rings is 1. The Labute approximate surface area is 92.7 Å². The van der Waals surface area contributed by atoms with E-state index < -0.39 is 16.8 Å². The normalized spacial score (nSPS) is 12.4. The zero-order valence-corrected chi connectivity index (χ0v) is 9.89. The molecule has 1 rings (SSSR count). The van der Waals surface area contributed by atoms with Gasteiger partial charge in [0, 0.05) is 27.3 Å². The van der Waals surface area contributed by atoms with Crippen molar-refractivity contribution >= 4 is 32.7 Å². The standard InChI is InChI=1S/C9H9BrO3S/c1-14(13)5-7-3-2-6(9(11)12)4-8(7)10/h2-4H,5H2,1H3,(H,11,12). The van der Waals surface area contributed by atoms with Crippen LogP contribution < -0.4 is 0 Å². The third kappa shape index (κ3) is 2.92. The lowest BCUT2D eigenvalue weighted by Gasteiger charge is -2.03. The lowest BCUT2D eigenvalue weighted by molar-refractivity contribution is 0.0697. The monoisotopic (exact) mass is 276 g/mol. The molecule has 0 bridgehead atoms. The van der Waals surface area contributed by atoms with Crippen molar-refractivity contribution < 1.29 is 14.1 Å². The summed E-state index contributed by atoms with van der Waals surface area (Å²) in [6.07, 6.45) is 1.61. The van der Waals surface area contributed by atoms with Crippen molar-refractivity contribution in [1.29, 1.82) is 0 Å². The van der Waals surface area contributed by atoms with Gasteiger partial charge in [-0.1, -0.05) is 22.0 Å². The Morgan fingerprint density at radius 1 is 1.57 bits per heavy atom. The molecule has 0 saturated carbocycles. The quantitative estimate of drug-likeness (QED) is 0.919. The minimum absolute atomic E-state index is 0.225. The molecule has 0 aliphatic rings. The highest BCUT2D eigenvalue weighted by Crippen LogP contribution is 2.19. The predicted molar refractivity (Wildman–Crippen MR) is 58.9 cm³/mol. The highest BCUT2D eigenvalue weighted by molar-refractivity contribution is 9.10. The smallest absolute Gasteiger partial charge is 0.335 e. The molecule has 0 heterocycles. The summed E-state index contributed by atoms with van der Waals surface area (Å²) in [5.41, 5.74) is 1.08. The Bertz CT molecular complexity index is 390. The molecule has 1 aromatic carbocycles. The van der Waals surface area contributed by atoms with Crippen molar-refractivity contribution in [3.63, 3.8) is 0 Å². The van der Waals surface area contributed by atoms with Crippen LogP contribution in [0.25, 0.3) is 0 Å². The summed E-state index contributed by atoms with van der Waals surface area (Å²) in [5.74, 6) is -0.532. The first-order valence-corrected chi connectivity index (χ1v) is 6.34. The second-order valence-corrected chi connectivity index (χ2v) is 5.12. The van der Waals surface area contributed by atoms with E-state index in [4.69, 9.17) is 5.11 Å². The molecule has 1 aromatic rings. The second-order valence-electron chi connectivity index (χ2n) is 2.83. The van der Waals surface area contributed by atoms with E-state index in [-0.39, 0.29) is 5.56 Å². The van der Waals surface area contributed by atoms with Crippen molar-refractivity contribution in [2.45, 2.75) is 5.75 Å². The third-order valence-electron chi connectivity index (χ3n) is 1.66. The Kier molecular flexibility index (Phi) is 3.83. The van der Waals surface area contributed by atoms with Crippen LogP contribution in [0.4, 0.5) is 0 Å². The van der Waals surface area contributed by atoms with E-state index in [9.17, 15) is 9.00 Å². The molecule has 0 aliphatic carbocycles. The summed E-state index contributed by atoms with van der Waals surface area (Å²) in [7, 11) is -0.922. The topological polar surface area (TPSA) is 54.4 Å². The molecule has 0 aliphatic heterocycles. The van der Waals surface area contributed by atoms with E-state index in [2.05, 4.69) is 15.9 Å². The first-order chi connectivity index (χ1) is 6.50. The average Bonchev–Trinajstić information content (AvgIpc) is 2.07. The van der Waals surface area contributed by atoms with Gasteiger partial charge in [-0.05, 0) is 17.7 Å². The molecule has 5 heteroatoms. The van der Waals surface area contributed by atoms with E-state index in [1.165, 1.54) is 12.1 Å². The molecule has 3 nitrogen and oxygen atoms in total. The summed E-state index contributed by atoms with van der Waals surface area (Å²) in [4.78, 5) is 10.6. The van der Waals surface area contributed by atoms with Crippen LogP contribution in [0, 0.1) is 0 Å². The molecule has 1 unspecified atom stereocenters. The van der Waals surface area contributed by atoms with Gasteiger partial charge in [0.25, 0.3) is 0 Å². The lowest BCUT2D eigenvalue weighted by atomic mass is 10.1. The van der Waals surface area contributed by atoms with Crippen LogP contribution in [0.5, 0.6) is 0 Å². The van der Waals surface area contributed by atoms with Gasteiger partial charge in [-0.3, -0.25) is 4.21 Å². The fourth-order valence-corrected chi connectivity index (χ4v) is 2.41. The van der Waals surface area contributed by atoms with Crippen LogP contribution in [0.15, 0.2) is 22.7 Å². The Balaban J connectivity index is 3.01. The summed E-state index contributed by atoms with van der Waals surface area (Å²) in [5, 5.41) is 8.70. The summed E-state index contributed by atoms with van der Waals surface area (Å²) < 4.78 is 11.6. The summed E-state index contributed by atoms with van der Waals surface area (Å²) in [6.45, 7) is 0. The van der Waals surface area contributed by atoms with Crippen molar-refractivity contribution in [3.05, 3.63) is 33.8 Å². The van der Waals surface area contributed by atoms with Gasteiger partial charge in [-0.2, -0.15) is 0 Å². The molecular weight excluding hydrogens is 268 g/mol. The average molecular weight is 277 g/mol. The fourth-order valence-electron chi connectivity index (χ4n) is 1.02. The first-order valence-electron chi connectivity index (χ1n) is 3.82. The Morgan fingerprint density at radius 2 is 2.21 bits per heavy atom. The van der Waals surface area contributed by atoms with Crippen LogP contribution >= 0.6 is 15.9 Å². The number of hydrogen-bond donors (Lipinski definition) is 1. The minimum Gasteiger partial charge on any atom is -0.478 e. The molecule has 0 saturated heterocycles. The van der Waals surface area contributed by atoms with Gasteiger partial charge in [0.05, 0.1) is 5.56 Å². The minimum atomic E-state index is -0.963. The van der Waals surface area contributed by atoms with Crippen molar-refractivity contribution in [2.24, 2.45) is 0 Å². The zero-order chi connectivity index (χ0) is 10.7. The van der Waals surface area contributed by atoms with Crippen molar-refractivity contribution in [1.82, 2.24) is 0 Å². The van der Waals surface area contributed by atoms with Crippen molar-refractivity contribution in [3.8, 4) is 0 Å². The van der Waals surface area contributed by atoms with E-state index in [0.717, 1.165) is 5.56 Å². The van der Waals surface area contributed by atoms with Crippen LogP contribution in [0.2, 0.25) is 0 Å². The summed E-state index contributed by atoms with van der Waals surface area (Å²) in [6, 6.07) is 4.70. The van der Waals surface area contributed by atoms with E-state index >= 15 is 0 Å². The number of halogens is 1. The van der Waals surface area contributed by atoms with Gasteiger partial charge in [-0.15, -0.1) is 0 Å². The van der Waals surface area contributed by atoms with Gasteiger partial charge in [0.1, 0.15) is 0 Å². The zero-order valence-electron chi connectivity index (χ0n) is 7.49. The highest BCUT2D eigenvalue weighted by atomic mass is 79.9. The number of aromatic carboxylic acids is 1. The molecule has 0 amide bonds. The maximum Gasteiger partial charge on any atom is 0.335 e. The SMILES string of the molecule is CS(=O)Cc1ccc(C(=O)O)cc1Br. The number of carboxylic acids is 1. The number of carboxylic acid groups (broad SMARTS) is 1. The Morgan fingerprint density at radius 3 is 2.64 bits per heavy atom. The van der Waals surface area contributed by atoms with E-state index in [1.54, 1.807) is 12.3 Å². The first kappa shape index (κ1) is 11.4. The molecule has 0 radical (unpaired) electrons. The van der Waals surface area contributed by atoms with E-state index in [1.807, 2.05) is 0 Å². The maximum atomic E-state index is 11.0. The molecular formula is C9H9BrO3S. The highest BCUT2D eigenvalue weighted by Gasteiger charge is 2.07. The predicted octanol–water partition coefficient (Wildman–Crippen LogP) is 2.03. The molecule has 1 N–H and O–H groups in total. The van der Waals surface area contributed by atoms with Crippen LogP contribution in [0.3, 0.4) is 0 Å². The lowest BCUT2D eigenvalue weighted by Crippen LogP contribution is -1.99. The second kappa shape index (κ2) is 4.70. The van der Waals surface area contributed by atoms with Gasteiger partial charge in [-0.25, -0.2) is 4.79 Å². The Hall–Kier alpha value is -0.680. The number of rotatable bonds is 3. The van der Waals surface area contributed by atoms with E-state index in [0.29, 0.717) is 10.2 Å². The van der Waals surface area contributed by atoms with Gasteiger partial charge >= 0.3 is 5.97 Å². The summed E-state index contributed by atoms with van der Waals surface area (Å²) >= 11 is 3.25. The fraction of sp³-hybridized carbons (Fsp3) is 0.222. The molecule has 1 atom stereocenters. The molecule has 76 valence electrons. The molecule has 0 aromatic heterocycles. The van der Waals surface area contributed by atoms with Crippen LogP contribution in [-0.4, -0.2) is 21.5 Å². The van der Waals surface area contributed by atoms with Gasteiger partial charge in [0.2, 0.25) is 0 Å². The third-order valence-corrected chi connectivity index (χ3v) is 3.11. The number of carbonyl (C=O) groups is 1. The van der Waals surface area contributed by atoms with Crippen molar-refractivity contribution in [2.75, 3.05) is 6.26 Å². The van der Waals surface area contributed by atoms with Gasteiger partial charge in [0.15, 0.2) is 0 Å². The molecule has 0 spiro atoms. The molecule has 14 heavy (non-hydrogen) atoms. The largest absolute Gasteiger partial charge is 0.478 e. The molecule has 0 fully saturated rings. The van der Waals surface area contributed by atoms with Gasteiger partial charge < -0.3 is 5.11 Å². The van der Waals surface area contributed by atoms with Crippen LogP contribution in [0.1, 0.15) is 15.9 Å². The number of hydrogen-bond acceptors (Lipinski definition) is 2. The van der Waals surface area contributed by atoms with Crippen LogP contribution in [-0.2, 0) is 16.6 Å². The maximum absolute atomic E-state index is 11.0.